The van der Waals surface area contributed by atoms with Crippen LogP contribution >= 0.6 is 27.7 Å². The first-order chi connectivity index (χ1) is 11.5. The van der Waals surface area contributed by atoms with E-state index in [0.29, 0.717) is 5.75 Å². The number of carbonyl (C=O) groups is 1. The third-order valence-electron chi connectivity index (χ3n) is 3.05. The number of hydrogen-bond acceptors (Lipinski definition) is 5. The summed E-state index contributed by atoms with van der Waals surface area (Å²) < 4.78 is 5.85. The Morgan fingerprint density at radius 1 is 1.33 bits per heavy atom. The zero-order valence-electron chi connectivity index (χ0n) is 12.8. The standard InChI is InChI=1S/C16H15BrN2O4S/c1-23-15-6-5-11(7-14(15)19(21)22)9-24-10-16(20)18-13-4-2-3-12(17)8-13/h2-8H,9-10H2,1H3,(H,18,20). The number of nitrogens with zero attached hydrogens (tertiary/aromatic N) is 1. The molecule has 0 saturated carbocycles. The molecule has 24 heavy (non-hydrogen) atoms. The number of ether oxygens (including phenoxy) is 1. The summed E-state index contributed by atoms with van der Waals surface area (Å²) in [7, 11) is 1.39. The molecule has 0 aromatic heterocycles. The Bertz CT molecular complexity index is 755. The van der Waals surface area contributed by atoms with Crippen LogP contribution in [0.1, 0.15) is 5.56 Å². The minimum absolute atomic E-state index is 0.0748. The molecule has 0 atom stereocenters. The summed E-state index contributed by atoms with van der Waals surface area (Å²) >= 11 is 4.73. The minimum Gasteiger partial charge on any atom is -0.490 e. The van der Waals surface area contributed by atoms with Crippen molar-refractivity contribution in [1.29, 1.82) is 0 Å². The Balaban J connectivity index is 1.88. The third-order valence-corrected chi connectivity index (χ3v) is 4.55. The Morgan fingerprint density at radius 3 is 2.79 bits per heavy atom. The van der Waals surface area contributed by atoms with Crippen molar-refractivity contribution < 1.29 is 14.5 Å². The third kappa shape index (κ3) is 5.24. The molecule has 0 aliphatic heterocycles. The van der Waals surface area contributed by atoms with Gasteiger partial charge in [0.2, 0.25) is 5.91 Å². The van der Waals surface area contributed by atoms with Crippen LogP contribution in [0.5, 0.6) is 5.75 Å². The number of nitro benzene ring substituents is 1. The lowest BCUT2D eigenvalue weighted by atomic mass is 10.2. The van der Waals surface area contributed by atoms with E-state index in [2.05, 4.69) is 21.2 Å². The van der Waals surface area contributed by atoms with Crippen LogP contribution in [0, 0.1) is 10.1 Å². The van der Waals surface area contributed by atoms with Crippen LogP contribution in [0.4, 0.5) is 11.4 Å². The van der Waals surface area contributed by atoms with Gasteiger partial charge in [0.05, 0.1) is 17.8 Å². The molecule has 2 rings (SSSR count). The van der Waals surface area contributed by atoms with Gasteiger partial charge < -0.3 is 10.1 Å². The summed E-state index contributed by atoms with van der Waals surface area (Å²) in [5, 5.41) is 13.8. The van der Waals surface area contributed by atoms with Crippen molar-refractivity contribution in [2.45, 2.75) is 5.75 Å². The molecule has 0 aliphatic rings. The molecule has 0 aliphatic carbocycles. The van der Waals surface area contributed by atoms with Gasteiger partial charge in [-0.15, -0.1) is 11.8 Å². The van der Waals surface area contributed by atoms with E-state index in [-0.39, 0.29) is 23.1 Å². The number of halogens is 1. The molecule has 0 saturated heterocycles. The molecule has 6 nitrogen and oxygen atoms in total. The molecule has 0 bridgehead atoms. The first-order valence-corrected chi connectivity index (χ1v) is 8.89. The van der Waals surface area contributed by atoms with Gasteiger partial charge in [-0.2, -0.15) is 0 Å². The van der Waals surface area contributed by atoms with Crippen molar-refractivity contribution in [3.63, 3.8) is 0 Å². The predicted octanol–water partition coefficient (Wildman–Crippen LogP) is 4.24. The maximum absolute atomic E-state index is 11.9. The van der Waals surface area contributed by atoms with Crippen LogP contribution in [0.3, 0.4) is 0 Å². The predicted molar refractivity (Wildman–Crippen MR) is 98.6 cm³/mol. The molecule has 0 radical (unpaired) electrons. The monoisotopic (exact) mass is 410 g/mol. The number of nitro groups is 1. The largest absolute Gasteiger partial charge is 0.490 e. The summed E-state index contributed by atoms with van der Waals surface area (Å²) in [4.78, 5) is 22.4. The number of thioether (sulfide) groups is 1. The van der Waals surface area contributed by atoms with Gasteiger partial charge >= 0.3 is 5.69 Å². The molecule has 8 heteroatoms. The van der Waals surface area contributed by atoms with E-state index in [1.807, 2.05) is 18.2 Å². The van der Waals surface area contributed by atoms with Gasteiger partial charge in [-0.3, -0.25) is 14.9 Å². The van der Waals surface area contributed by atoms with Gasteiger partial charge in [-0.25, -0.2) is 0 Å². The van der Waals surface area contributed by atoms with E-state index in [0.717, 1.165) is 15.7 Å². The average Bonchev–Trinajstić information content (AvgIpc) is 2.54. The molecule has 2 aromatic carbocycles. The topological polar surface area (TPSA) is 81.5 Å². The van der Waals surface area contributed by atoms with Crippen molar-refractivity contribution in [1.82, 2.24) is 0 Å². The van der Waals surface area contributed by atoms with Crippen molar-refractivity contribution in [2.75, 3.05) is 18.2 Å². The normalized spacial score (nSPS) is 10.2. The van der Waals surface area contributed by atoms with Crippen LogP contribution in [0.2, 0.25) is 0 Å². The minimum atomic E-state index is -0.479. The van der Waals surface area contributed by atoms with Crippen molar-refractivity contribution in [3.8, 4) is 5.75 Å². The number of anilines is 1. The van der Waals surface area contributed by atoms with Crippen molar-refractivity contribution in [2.24, 2.45) is 0 Å². The molecule has 126 valence electrons. The molecule has 0 heterocycles. The summed E-state index contributed by atoms with van der Waals surface area (Å²) in [6.45, 7) is 0. The zero-order valence-corrected chi connectivity index (χ0v) is 15.2. The molecule has 1 amide bonds. The quantitative estimate of drug-likeness (QED) is 0.545. The molecule has 1 N–H and O–H groups in total. The maximum atomic E-state index is 11.9. The summed E-state index contributed by atoms with van der Waals surface area (Å²) in [6.07, 6.45) is 0. The SMILES string of the molecule is COc1ccc(CSCC(=O)Nc2cccc(Br)c2)cc1[N+](=O)[O-]. The lowest BCUT2D eigenvalue weighted by Crippen LogP contribution is -2.14. The van der Waals surface area contributed by atoms with Gasteiger partial charge in [0.15, 0.2) is 5.75 Å². The molecule has 0 fully saturated rings. The highest BCUT2D eigenvalue weighted by molar-refractivity contribution is 9.10. The fraction of sp³-hybridized carbons (Fsp3) is 0.188. The second-order valence-corrected chi connectivity index (χ2v) is 6.72. The van der Waals surface area contributed by atoms with E-state index < -0.39 is 4.92 Å². The zero-order chi connectivity index (χ0) is 17.5. The van der Waals surface area contributed by atoms with Gasteiger partial charge in [0.1, 0.15) is 0 Å². The highest BCUT2D eigenvalue weighted by Crippen LogP contribution is 2.29. The van der Waals surface area contributed by atoms with E-state index in [1.165, 1.54) is 24.9 Å². The van der Waals surface area contributed by atoms with Crippen LogP contribution in [0.25, 0.3) is 0 Å². The number of nitrogens with one attached hydrogen (secondary N) is 1. The summed E-state index contributed by atoms with van der Waals surface area (Å²) in [5.41, 5.74) is 1.41. The smallest absolute Gasteiger partial charge is 0.311 e. The van der Waals surface area contributed by atoms with Gasteiger partial charge in [0, 0.05) is 22.0 Å². The van der Waals surface area contributed by atoms with E-state index in [9.17, 15) is 14.9 Å². The van der Waals surface area contributed by atoms with Crippen molar-refractivity contribution >= 4 is 45.0 Å². The van der Waals surface area contributed by atoms with Crippen LogP contribution in [-0.2, 0) is 10.5 Å². The van der Waals surface area contributed by atoms with Gasteiger partial charge in [-0.05, 0) is 29.8 Å². The number of carbonyl (C=O) groups excluding carboxylic acids is 1. The lowest BCUT2D eigenvalue weighted by molar-refractivity contribution is -0.385. The highest BCUT2D eigenvalue weighted by Gasteiger charge is 2.15. The Labute approximate surface area is 151 Å². The summed E-state index contributed by atoms with van der Waals surface area (Å²) in [5.74, 6) is 0.852. The van der Waals surface area contributed by atoms with Crippen molar-refractivity contribution in [3.05, 3.63) is 62.6 Å². The summed E-state index contributed by atoms with van der Waals surface area (Å²) in [6, 6.07) is 12.1. The number of amides is 1. The van der Waals surface area contributed by atoms with Crippen LogP contribution in [0.15, 0.2) is 46.9 Å². The van der Waals surface area contributed by atoms with Gasteiger partial charge in [-0.1, -0.05) is 28.1 Å². The van der Waals surface area contributed by atoms with E-state index in [1.54, 1.807) is 18.2 Å². The maximum Gasteiger partial charge on any atom is 0.311 e. The molecule has 0 spiro atoms. The Kier molecular flexibility index (Phi) is 6.62. The second-order valence-electron chi connectivity index (χ2n) is 4.81. The average molecular weight is 411 g/mol. The fourth-order valence-electron chi connectivity index (χ4n) is 1.99. The number of methoxy groups -OCH3 is 1. The molecular weight excluding hydrogens is 396 g/mol. The number of hydrogen-bond donors (Lipinski definition) is 1. The fourth-order valence-corrected chi connectivity index (χ4v) is 3.17. The second kappa shape index (κ2) is 8.70. The van der Waals surface area contributed by atoms with E-state index >= 15 is 0 Å². The molecule has 0 unspecified atom stereocenters. The number of rotatable bonds is 7. The van der Waals surface area contributed by atoms with Gasteiger partial charge in [0.25, 0.3) is 0 Å². The van der Waals surface area contributed by atoms with E-state index in [4.69, 9.17) is 4.74 Å². The first kappa shape index (κ1) is 18.3. The Morgan fingerprint density at radius 2 is 2.12 bits per heavy atom. The molecule has 2 aromatic rings. The Hall–Kier alpha value is -2.06. The first-order valence-electron chi connectivity index (χ1n) is 6.94. The van der Waals surface area contributed by atoms with Crippen LogP contribution < -0.4 is 10.1 Å². The highest BCUT2D eigenvalue weighted by atomic mass is 79.9. The number of benzene rings is 2. The lowest BCUT2D eigenvalue weighted by Gasteiger charge is -2.07. The molecular formula is C16H15BrN2O4S. The van der Waals surface area contributed by atoms with Crippen LogP contribution in [-0.4, -0.2) is 23.7 Å².